The molecule has 1 aliphatic heterocycles. The molecule has 14 heteroatoms. The van der Waals surface area contributed by atoms with Gasteiger partial charge in [-0.25, -0.2) is 14.6 Å². The van der Waals surface area contributed by atoms with Crippen LogP contribution in [0.4, 0.5) is 18.9 Å². The summed E-state index contributed by atoms with van der Waals surface area (Å²) in [6, 6.07) is 15.1. The van der Waals surface area contributed by atoms with Crippen LogP contribution in [0.25, 0.3) is 0 Å². The summed E-state index contributed by atoms with van der Waals surface area (Å²) < 4.78 is 54.4. The molecule has 9 nitrogen and oxygen atoms in total. The summed E-state index contributed by atoms with van der Waals surface area (Å²) in [5.74, 6) is -3.56. The second-order valence-electron chi connectivity index (χ2n) is 8.56. The summed E-state index contributed by atoms with van der Waals surface area (Å²) >= 11 is 12.4. The maximum absolute atomic E-state index is 13.2. The molecular formula is C28H19Cl2F3N4O5. The molecule has 216 valence electrons. The van der Waals surface area contributed by atoms with Crippen molar-refractivity contribution in [2.24, 2.45) is 5.73 Å². The molecule has 42 heavy (non-hydrogen) atoms. The number of nitrogens with two attached hydrogens (primary N) is 1. The molecule has 4 rings (SSSR count). The molecule has 1 aliphatic rings. The van der Waals surface area contributed by atoms with Gasteiger partial charge in [0.2, 0.25) is 5.88 Å². The first-order chi connectivity index (χ1) is 19.9. The molecule has 0 amide bonds. The van der Waals surface area contributed by atoms with Gasteiger partial charge in [0, 0.05) is 11.9 Å². The first-order valence-corrected chi connectivity index (χ1v) is 12.5. The summed E-state index contributed by atoms with van der Waals surface area (Å²) in [6.45, 7) is 0. The van der Waals surface area contributed by atoms with Crippen molar-refractivity contribution < 1.29 is 37.0 Å². The van der Waals surface area contributed by atoms with Gasteiger partial charge in [0.05, 0.1) is 47.9 Å². The third kappa shape index (κ3) is 5.70. The van der Waals surface area contributed by atoms with Gasteiger partial charge in [-0.15, -0.1) is 0 Å². The van der Waals surface area contributed by atoms with Crippen LogP contribution in [0.1, 0.15) is 17.0 Å². The largest absolute Gasteiger partial charge is 0.466 e. The molecule has 0 saturated heterocycles. The van der Waals surface area contributed by atoms with Crippen molar-refractivity contribution in [3.8, 4) is 17.7 Å². The van der Waals surface area contributed by atoms with E-state index in [4.69, 9.17) is 43.1 Å². The minimum Gasteiger partial charge on any atom is -0.466 e. The van der Waals surface area contributed by atoms with Crippen molar-refractivity contribution in [1.82, 2.24) is 4.98 Å². The van der Waals surface area contributed by atoms with Crippen LogP contribution in [0.3, 0.4) is 0 Å². The number of nitrogens with zero attached hydrogens (tertiary/aromatic N) is 3. The number of rotatable bonds is 6. The van der Waals surface area contributed by atoms with E-state index in [2.05, 4.69) is 4.98 Å². The van der Waals surface area contributed by atoms with Gasteiger partial charge < -0.3 is 19.9 Å². The lowest BCUT2D eigenvalue weighted by Crippen LogP contribution is -2.40. The number of allylic oxidation sites excluding steroid dienone is 1. The van der Waals surface area contributed by atoms with Crippen LogP contribution in [0.15, 0.2) is 83.5 Å². The molecule has 2 heterocycles. The van der Waals surface area contributed by atoms with E-state index < -0.39 is 34.6 Å². The second kappa shape index (κ2) is 12.0. The highest BCUT2D eigenvalue weighted by molar-refractivity contribution is 6.33. The van der Waals surface area contributed by atoms with Gasteiger partial charge in [-0.3, -0.25) is 4.90 Å². The number of alkyl halides is 3. The van der Waals surface area contributed by atoms with Gasteiger partial charge in [-0.05, 0) is 29.8 Å². The number of pyridine rings is 1. The Hall–Kier alpha value is -4.73. The monoisotopic (exact) mass is 618 g/mol. The first kappa shape index (κ1) is 30.2. The average Bonchev–Trinajstić information content (AvgIpc) is 2.97. The maximum Gasteiger partial charge on any atom is 0.417 e. The summed E-state index contributed by atoms with van der Waals surface area (Å²) in [5.41, 5.74) is 5.38. The number of methoxy groups -OCH3 is 2. The van der Waals surface area contributed by atoms with Gasteiger partial charge in [0.25, 0.3) is 0 Å². The Balaban J connectivity index is 1.85. The van der Waals surface area contributed by atoms with Gasteiger partial charge in [0.1, 0.15) is 22.3 Å². The molecule has 2 N–H and O–H groups in total. The highest BCUT2D eigenvalue weighted by atomic mass is 35.5. The Morgan fingerprint density at radius 2 is 1.69 bits per heavy atom. The minimum absolute atomic E-state index is 0.0615. The third-order valence-corrected chi connectivity index (χ3v) is 6.69. The summed E-state index contributed by atoms with van der Waals surface area (Å²) in [6.07, 6.45) is -4.11. The highest BCUT2D eigenvalue weighted by Crippen LogP contribution is 2.45. The number of carbonyl (C=O) groups excluding carboxylic acids is 2. The van der Waals surface area contributed by atoms with E-state index in [1.165, 1.54) is 18.2 Å². The summed E-state index contributed by atoms with van der Waals surface area (Å²) in [5, 5.41) is 9.60. The molecule has 0 aliphatic carbocycles. The number of esters is 2. The highest BCUT2D eigenvalue weighted by Gasteiger charge is 2.43. The van der Waals surface area contributed by atoms with E-state index in [1.54, 1.807) is 30.3 Å². The van der Waals surface area contributed by atoms with Gasteiger partial charge in [0.15, 0.2) is 0 Å². The van der Waals surface area contributed by atoms with Crippen LogP contribution in [-0.2, 0) is 25.2 Å². The van der Waals surface area contributed by atoms with Crippen molar-refractivity contribution in [3.63, 3.8) is 0 Å². The van der Waals surface area contributed by atoms with Crippen molar-refractivity contribution >= 4 is 40.8 Å². The van der Waals surface area contributed by atoms with Crippen LogP contribution in [0.5, 0.6) is 11.6 Å². The molecule has 1 atom stereocenters. The van der Waals surface area contributed by atoms with E-state index in [1.807, 2.05) is 6.07 Å². The fourth-order valence-corrected chi connectivity index (χ4v) is 4.67. The summed E-state index contributed by atoms with van der Waals surface area (Å²) in [4.78, 5) is 31.1. The van der Waals surface area contributed by atoms with Crippen molar-refractivity contribution in [3.05, 3.63) is 105 Å². The lowest BCUT2D eigenvalue weighted by molar-refractivity contribution is -0.139. The third-order valence-electron chi connectivity index (χ3n) is 6.13. The van der Waals surface area contributed by atoms with Crippen LogP contribution < -0.4 is 15.4 Å². The standard InChI is InChI=1S/C28H19Cl2F3N4O5/c1-40-26(38)22-21(14-6-4-3-5-7-14)17(12-34)24(35)37(23(22)27(39)41-2)16-8-9-20(18(29)11-16)42-25-19(30)10-15(13-36-25)28(31,32)33/h3-11,13,21H,35H2,1-2H3. The second-order valence-corrected chi connectivity index (χ2v) is 9.38. The predicted octanol–water partition coefficient (Wildman–Crippen LogP) is 6.10. The Morgan fingerprint density at radius 1 is 1.02 bits per heavy atom. The number of benzene rings is 2. The maximum atomic E-state index is 13.2. The average molecular weight is 619 g/mol. The summed E-state index contributed by atoms with van der Waals surface area (Å²) in [7, 11) is 2.22. The Labute approximate surface area is 247 Å². The van der Waals surface area contributed by atoms with Crippen LogP contribution in [0, 0.1) is 11.3 Å². The number of hydrogen-bond acceptors (Lipinski definition) is 9. The molecule has 1 aromatic heterocycles. The Kier molecular flexibility index (Phi) is 8.65. The van der Waals surface area contributed by atoms with Crippen LogP contribution in [-0.4, -0.2) is 31.1 Å². The van der Waals surface area contributed by atoms with E-state index in [9.17, 15) is 28.0 Å². The van der Waals surface area contributed by atoms with Crippen LogP contribution >= 0.6 is 23.2 Å². The number of nitriles is 1. The molecule has 3 aromatic rings. The van der Waals surface area contributed by atoms with Crippen molar-refractivity contribution in [2.45, 2.75) is 12.1 Å². The molecule has 0 bridgehead atoms. The van der Waals surface area contributed by atoms with Crippen molar-refractivity contribution in [1.29, 1.82) is 5.26 Å². The lowest BCUT2D eigenvalue weighted by atomic mass is 9.81. The zero-order chi connectivity index (χ0) is 30.8. The molecule has 0 spiro atoms. The van der Waals surface area contributed by atoms with E-state index in [0.717, 1.165) is 19.1 Å². The molecule has 0 radical (unpaired) electrons. The number of carbonyl (C=O) groups is 2. The van der Waals surface area contributed by atoms with Gasteiger partial charge in [-0.2, -0.15) is 18.4 Å². The number of ether oxygens (including phenoxy) is 3. The van der Waals surface area contributed by atoms with Gasteiger partial charge in [-0.1, -0.05) is 53.5 Å². The quantitative estimate of drug-likeness (QED) is 0.326. The molecule has 1 unspecified atom stereocenters. The normalized spacial score (nSPS) is 15.3. The van der Waals surface area contributed by atoms with E-state index >= 15 is 0 Å². The fraction of sp³-hybridized carbons (Fsp3) is 0.143. The number of halogens is 5. The first-order valence-electron chi connectivity index (χ1n) is 11.8. The van der Waals surface area contributed by atoms with E-state index in [0.29, 0.717) is 17.8 Å². The Bertz CT molecular complexity index is 1670. The molecule has 0 saturated carbocycles. The minimum atomic E-state index is -4.66. The number of aromatic nitrogens is 1. The lowest BCUT2D eigenvalue weighted by Gasteiger charge is -2.36. The van der Waals surface area contributed by atoms with Gasteiger partial charge >= 0.3 is 18.1 Å². The van der Waals surface area contributed by atoms with E-state index in [-0.39, 0.29) is 45.0 Å². The number of hydrogen-bond donors (Lipinski definition) is 1. The topological polar surface area (TPSA) is 128 Å². The molecule has 2 aromatic carbocycles. The SMILES string of the molecule is COC(=O)C1=C(C(=O)OC)N(c2ccc(Oc3ncc(C(F)(F)F)cc3Cl)c(Cl)c2)C(N)=C(C#N)C1c1ccccc1. The predicted molar refractivity (Wildman–Crippen MR) is 145 cm³/mol. The molecular weight excluding hydrogens is 600 g/mol. The zero-order valence-electron chi connectivity index (χ0n) is 21.7. The molecule has 0 fully saturated rings. The van der Waals surface area contributed by atoms with Crippen LogP contribution in [0.2, 0.25) is 10.0 Å². The van der Waals surface area contributed by atoms with Crippen molar-refractivity contribution in [2.75, 3.05) is 19.1 Å². The Morgan fingerprint density at radius 3 is 2.24 bits per heavy atom. The smallest absolute Gasteiger partial charge is 0.417 e. The fourth-order valence-electron chi connectivity index (χ4n) is 4.25. The zero-order valence-corrected chi connectivity index (χ0v) is 23.2. The number of anilines is 1.